The molecule has 0 saturated heterocycles. The maximum atomic E-state index is 13.2. The summed E-state index contributed by atoms with van der Waals surface area (Å²) < 4.78 is 39.5. The van der Waals surface area contributed by atoms with Crippen LogP contribution >= 0.6 is 11.6 Å². The molecule has 1 N–H and O–H groups in total. The van der Waals surface area contributed by atoms with E-state index in [0.717, 1.165) is 11.6 Å². The third-order valence-electron chi connectivity index (χ3n) is 3.28. The Kier molecular flexibility index (Phi) is 5.26. The second kappa shape index (κ2) is 6.96. The Bertz CT molecular complexity index is 611. The highest BCUT2D eigenvalue weighted by molar-refractivity contribution is 6.30. The van der Waals surface area contributed by atoms with Gasteiger partial charge in [-0.3, -0.25) is 0 Å². The lowest BCUT2D eigenvalue weighted by Gasteiger charge is -2.17. The van der Waals surface area contributed by atoms with Gasteiger partial charge in [0.05, 0.1) is 5.02 Å². The smallest absolute Gasteiger partial charge is 0.141 e. The molecule has 0 fully saturated rings. The molecule has 2 aromatic carbocycles. The van der Waals surface area contributed by atoms with E-state index in [0.29, 0.717) is 18.4 Å². The summed E-state index contributed by atoms with van der Waals surface area (Å²) in [7, 11) is 1.77. The molecule has 0 aliphatic rings. The first-order valence-corrected chi connectivity index (χ1v) is 6.92. The van der Waals surface area contributed by atoms with Crippen molar-refractivity contribution in [3.05, 3.63) is 70.0 Å². The molecule has 0 aliphatic carbocycles. The van der Waals surface area contributed by atoms with Gasteiger partial charge in [0, 0.05) is 12.1 Å². The lowest BCUT2D eigenvalue weighted by atomic mass is 9.99. The van der Waals surface area contributed by atoms with E-state index in [1.54, 1.807) is 19.2 Å². The minimum Gasteiger partial charge on any atom is -0.316 e. The maximum absolute atomic E-state index is 13.2. The van der Waals surface area contributed by atoms with Gasteiger partial charge in [0.25, 0.3) is 0 Å². The first kappa shape index (κ1) is 15.9. The van der Waals surface area contributed by atoms with Gasteiger partial charge in [0.2, 0.25) is 0 Å². The van der Waals surface area contributed by atoms with E-state index in [-0.39, 0.29) is 11.1 Å². The average Bonchev–Trinajstić information content (AvgIpc) is 2.41. The van der Waals surface area contributed by atoms with Crippen LogP contribution < -0.4 is 5.32 Å². The molecule has 0 spiro atoms. The summed E-state index contributed by atoms with van der Waals surface area (Å²) in [4.78, 5) is 0. The van der Waals surface area contributed by atoms with Gasteiger partial charge < -0.3 is 5.32 Å². The number of benzene rings is 2. The Morgan fingerprint density at radius 1 is 0.952 bits per heavy atom. The third kappa shape index (κ3) is 4.48. The molecule has 2 aromatic rings. The van der Waals surface area contributed by atoms with Crippen LogP contribution in [0.4, 0.5) is 13.2 Å². The number of rotatable bonds is 5. The van der Waals surface area contributed by atoms with E-state index in [9.17, 15) is 13.2 Å². The molecular formula is C16H15ClF3N. The van der Waals surface area contributed by atoms with Crippen molar-refractivity contribution < 1.29 is 13.2 Å². The van der Waals surface area contributed by atoms with Crippen LogP contribution in [-0.4, -0.2) is 13.1 Å². The Labute approximate surface area is 126 Å². The number of nitrogens with one attached hydrogen (secondary N) is 1. The van der Waals surface area contributed by atoms with Crippen LogP contribution in [0.1, 0.15) is 11.1 Å². The average molecular weight is 314 g/mol. The predicted molar refractivity (Wildman–Crippen MR) is 78.0 cm³/mol. The number of hydrogen-bond donors (Lipinski definition) is 1. The van der Waals surface area contributed by atoms with Crippen LogP contribution in [0, 0.1) is 17.5 Å². The van der Waals surface area contributed by atoms with E-state index in [2.05, 4.69) is 5.32 Å². The molecule has 0 bridgehead atoms. The molecule has 0 heterocycles. The topological polar surface area (TPSA) is 12.0 Å². The second-order valence-corrected chi connectivity index (χ2v) is 5.33. The maximum Gasteiger partial charge on any atom is 0.141 e. The van der Waals surface area contributed by atoms with Crippen molar-refractivity contribution in [2.75, 3.05) is 7.05 Å². The molecule has 0 aromatic heterocycles. The molecule has 5 heteroatoms. The van der Waals surface area contributed by atoms with Gasteiger partial charge in [-0.2, -0.15) is 0 Å². The summed E-state index contributed by atoms with van der Waals surface area (Å²) in [6.45, 7) is 0. The largest absolute Gasteiger partial charge is 0.316 e. The molecule has 0 radical (unpaired) electrons. The van der Waals surface area contributed by atoms with Crippen LogP contribution in [0.15, 0.2) is 36.4 Å². The van der Waals surface area contributed by atoms with Crippen molar-refractivity contribution in [2.24, 2.45) is 0 Å². The summed E-state index contributed by atoms with van der Waals surface area (Å²) in [5.74, 6) is -1.65. The molecule has 112 valence electrons. The van der Waals surface area contributed by atoms with Gasteiger partial charge >= 0.3 is 0 Å². The van der Waals surface area contributed by atoms with Crippen LogP contribution in [0.3, 0.4) is 0 Å². The van der Waals surface area contributed by atoms with Gasteiger partial charge in [-0.1, -0.05) is 17.7 Å². The third-order valence-corrected chi connectivity index (χ3v) is 3.57. The summed E-state index contributed by atoms with van der Waals surface area (Å²) in [6, 6.07) is 7.96. The number of likely N-dealkylation sites (N-methyl/N-ethyl adjacent to an activating group) is 1. The molecule has 2 rings (SSSR count). The fourth-order valence-electron chi connectivity index (χ4n) is 2.24. The van der Waals surface area contributed by atoms with Crippen molar-refractivity contribution in [1.82, 2.24) is 5.32 Å². The molecule has 0 amide bonds. The summed E-state index contributed by atoms with van der Waals surface area (Å²) >= 11 is 5.75. The molecule has 1 atom stereocenters. The highest BCUT2D eigenvalue weighted by Crippen LogP contribution is 2.18. The first-order chi connectivity index (χ1) is 9.97. The Morgan fingerprint density at radius 2 is 1.57 bits per heavy atom. The minimum absolute atomic E-state index is 0.0345. The quantitative estimate of drug-likeness (QED) is 0.875. The lowest BCUT2D eigenvalue weighted by molar-refractivity contribution is 0.542. The summed E-state index contributed by atoms with van der Waals surface area (Å²) in [5, 5.41) is 3.16. The Balaban J connectivity index is 2.10. The van der Waals surface area contributed by atoms with E-state index in [1.165, 1.54) is 18.2 Å². The zero-order chi connectivity index (χ0) is 15.4. The van der Waals surface area contributed by atoms with Gasteiger partial charge in [-0.05, 0) is 55.3 Å². The van der Waals surface area contributed by atoms with Crippen molar-refractivity contribution in [3.8, 4) is 0 Å². The van der Waals surface area contributed by atoms with Crippen molar-refractivity contribution in [3.63, 3.8) is 0 Å². The highest BCUT2D eigenvalue weighted by Gasteiger charge is 2.11. The standard InChI is InChI=1S/C16H15ClF3N/c1-21-14(6-10-2-3-16(20)15(17)8-10)7-11-4-12(18)9-13(19)5-11/h2-5,8-9,14,21H,6-7H2,1H3. The van der Waals surface area contributed by atoms with Gasteiger partial charge in [-0.25, -0.2) is 13.2 Å². The molecule has 1 unspecified atom stereocenters. The summed E-state index contributed by atoms with van der Waals surface area (Å²) in [5.41, 5.74) is 1.43. The van der Waals surface area contributed by atoms with Crippen LogP contribution in [0.2, 0.25) is 5.02 Å². The Morgan fingerprint density at radius 3 is 2.14 bits per heavy atom. The zero-order valence-electron chi connectivity index (χ0n) is 11.5. The first-order valence-electron chi connectivity index (χ1n) is 6.54. The van der Waals surface area contributed by atoms with Crippen LogP contribution in [0.5, 0.6) is 0 Å². The number of hydrogen-bond acceptors (Lipinski definition) is 1. The monoisotopic (exact) mass is 313 g/mol. The van der Waals surface area contributed by atoms with Crippen molar-refractivity contribution in [1.29, 1.82) is 0 Å². The summed E-state index contributed by atoms with van der Waals surface area (Å²) in [6.07, 6.45) is 1.04. The van der Waals surface area contributed by atoms with E-state index in [4.69, 9.17) is 11.6 Å². The van der Waals surface area contributed by atoms with Gasteiger partial charge in [0.15, 0.2) is 0 Å². The van der Waals surface area contributed by atoms with E-state index >= 15 is 0 Å². The fraction of sp³-hybridized carbons (Fsp3) is 0.250. The van der Waals surface area contributed by atoms with Crippen LogP contribution in [-0.2, 0) is 12.8 Å². The van der Waals surface area contributed by atoms with E-state index < -0.39 is 17.5 Å². The van der Waals surface area contributed by atoms with Crippen LogP contribution in [0.25, 0.3) is 0 Å². The van der Waals surface area contributed by atoms with Crippen molar-refractivity contribution >= 4 is 11.6 Å². The predicted octanol–water partition coefficient (Wildman–Crippen LogP) is 4.13. The minimum atomic E-state index is -0.593. The highest BCUT2D eigenvalue weighted by atomic mass is 35.5. The zero-order valence-corrected chi connectivity index (χ0v) is 12.2. The number of halogens is 4. The second-order valence-electron chi connectivity index (χ2n) is 4.92. The van der Waals surface area contributed by atoms with Crippen molar-refractivity contribution in [2.45, 2.75) is 18.9 Å². The molecule has 21 heavy (non-hydrogen) atoms. The van der Waals surface area contributed by atoms with Gasteiger partial charge in [-0.15, -0.1) is 0 Å². The SMILES string of the molecule is CNC(Cc1cc(F)cc(F)c1)Cc1ccc(F)c(Cl)c1. The molecular weight excluding hydrogens is 299 g/mol. The molecule has 0 aliphatic heterocycles. The lowest BCUT2D eigenvalue weighted by Crippen LogP contribution is -2.30. The molecule has 0 saturated carbocycles. The van der Waals surface area contributed by atoms with E-state index in [1.807, 2.05) is 0 Å². The normalized spacial score (nSPS) is 12.4. The molecule has 1 nitrogen and oxygen atoms in total. The Hall–Kier alpha value is -1.52. The fourth-order valence-corrected chi connectivity index (χ4v) is 2.44. The van der Waals surface area contributed by atoms with Gasteiger partial charge in [0.1, 0.15) is 17.5 Å².